The van der Waals surface area contributed by atoms with Crippen LogP contribution in [-0.4, -0.2) is 49.5 Å². The van der Waals surface area contributed by atoms with Gasteiger partial charge in [-0.1, -0.05) is 6.08 Å². The topological polar surface area (TPSA) is 110 Å². The van der Waals surface area contributed by atoms with Crippen molar-refractivity contribution in [1.29, 1.82) is 0 Å². The van der Waals surface area contributed by atoms with E-state index in [2.05, 4.69) is 10.9 Å². The predicted molar refractivity (Wildman–Crippen MR) is 39.3 cm³/mol. The van der Waals surface area contributed by atoms with E-state index in [0.29, 0.717) is 0 Å². The fraction of sp³-hybridized carbons (Fsp3) is 0.333. The normalized spacial score (nSPS) is 9.92. The Morgan fingerprint density at radius 1 is 1.42 bits per heavy atom. The van der Waals surface area contributed by atoms with Gasteiger partial charge in [-0.3, -0.25) is 0 Å². The molecule has 1 N–H and O–H groups in total. The summed E-state index contributed by atoms with van der Waals surface area (Å²) in [6.07, 6.45) is 1.43. The third-order valence-electron chi connectivity index (χ3n) is 0.262. The maximum absolute atomic E-state index is 9.24. The quantitative estimate of drug-likeness (QED) is 0.378. The minimum Gasteiger partial charge on any atom is -0.563 e. The summed E-state index contributed by atoms with van der Waals surface area (Å²) in [6.45, 7) is 3.31. The Morgan fingerprint density at radius 3 is 1.67 bits per heavy atom. The fourth-order valence-electron chi connectivity index (χ4n) is 0.0544. The molecule has 0 aliphatic heterocycles. The third-order valence-corrected chi connectivity index (χ3v) is 1.33. The molecule has 64 valence electrons. The second kappa shape index (κ2) is 14.6. The Labute approximate surface area is 101 Å². The number of aliphatic hydroxyl groups is 1. The average molecular weight is 240 g/mol. The molecule has 0 amide bonds. The molecule has 0 spiro atoms. The molecule has 0 heterocycles. The smallest absolute Gasteiger partial charge is 0.563 e. The monoisotopic (exact) mass is 240 g/mol. The standard InChI is InChI=1S/C3H6O.Ca.O5P2/c1-2-3-4;;1-6(2)5-7(3)4/h2,4H,1,3H2;;/q;+2;. The van der Waals surface area contributed by atoms with Crippen LogP contribution in [0.4, 0.5) is 0 Å². The van der Waals surface area contributed by atoms with Gasteiger partial charge in [0.2, 0.25) is 0 Å². The zero-order chi connectivity index (χ0) is 9.28. The van der Waals surface area contributed by atoms with E-state index in [0.717, 1.165) is 0 Å². The van der Waals surface area contributed by atoms with Crippen molar-refractivity contribution in [3.63, 3.8) is 0 Å². The maximum atomic E-state index is 9.24. The molecule has 0 saturated heterocycles. The molecule has 0 saturated carbocycles. The minimum absolute atomic E-state index is 0. The second-order valence-electron chi connectivity index (χ2n) is 1.00. The van der Waals surface area contributed by atoms with Crippen LogP contribution >= 0.6 is 16.5 Å². The van der Waals surface area contributed by atoms with Crippen molar-refractivity contribution in [3.8, 4) is 0 Å². The van der Waals surface area contributed by atoms with Crippen molar-refractivity contribution < 1.29 is 28.3 Å². The molecule has 0 aliphatic rings. The van der Waals surface area contributed by atoms with Crippen LogP contribution in [0.15, 0.2) is 12.7 Å². The Hall–Kier alpha value is 1.04. The van der Waals surface area contributed by atoms with Crippen LogP contribution in [0.1, 0.15) is 0 Å². The van der Waals surface area contributed by atoms with Crippen LogP contribution < -0.4 is 9.79 Å². The van der Waals surface area contributed by atoms with Crippen LogP contribution in [0.5, 0.6) is 0 Å². The van der Waals surface area contributed by atoms with Crippen LogP contribution in [0.3, 0.4) is 0 Å². The first-order valence-electron chi connectivity index (χ1n) is 2.23. The Morgan fingerprint density at radius 2 is 1.67 bits per heavy atom. The predicted octanol–water partition coefficient (Wildman–Crippen LogP) is -1.18. The Bertz CT molecular complexity index is 138. The first-order chi connectivity index (χ1) is 5.04. The van der Waals surface area contributed by atoms with Crippen LogP contribution in [0.25, 0.3) is 0 Å². The van der Waals surface area contributed by atoms with Gasteiger partial charge in [0.1, 0.15) is 4.31 Å². The minimum atomic E-state index is -3.24. The van der Waals surface area contributed by atoms with Gasteiger partial charge in [-0.2, -0.15) is 0 Å². The van der Waals surface area contributed by atoms with E-state index >= 15 is 0 Å². The first-order valence-corrected chi connectivity index (χ1v) is 4.42. The van der Waals surface area contributed by atoms with Gasteiger partial charge in [-0.05, 0) is 9.13 Å². The summed E-state index contributed by atoms with van der Waals surface area (Å²) in [6, 6.07) is 0. The molecule has 6 nitrogen and oxygen atoms in total. The van der Waals surface area contributed by atoms with E-state index < -0.39 is 16.5 Å². The van der Waals surface area contributed by atoms with Gasteiger partial charge < -0.3 is 14.9 Å². The van der Waals surface area contributed by atoms with Gasteiger partial charge in [0.15, 0.2) is 0 Å². The van der Waals surface area contributed by atoms with Gasteiger partial charge in [0, 0.05) is 0 Å². The van der Waals surface area contributed by atoms with Crippen molar-refractivity contribution in [2.24, 2.45) is 0 Å². The van der Waals surface area contributed by atoms with Crippen molar-refractivity contribution in [3.05, 3.63) is 12.7 Å². The molecule has 0 aromatic rings. The molecule has 0 aliphatic carbocycles. The van der Waals surface area contributed by atoms with E-state index in [4.69, 9.17) is 5.11 Å². The number of hydrogen-bond acceptors (Lipinski definition) is 6. The van der Waals surface area contributed by atoms with Crippen LogP contribution in [-0.2, 0) is 13.4 Å². The molecule has 0 fully saturated rings. The summed E-state index contributed by atoms with van der Waals surface area (Å²) in [5.74, 6) is 0. The van der Waals surface area contributed by atoms with Gasteiger partial charge in [-0.25, -0.2) is 0 Å². The summed E-state index contributed by atoms with van der Waals surface area (Å²) >= 11 is 0. The summed E-state index contributed by atoms with van der Waals surface area (Å²) < 4.78 is 21.6. The van der Waals surface area contributed by atoms with E-state index in [1.165, 1.54) is 6.08 Å². The molecular formula is C3H6CaO6P2+2. The van der Waals surface area contributed by atoms with Crippen molar-refractivity contribution in [2.45, 2.75) is 0 Å². The summed E-state index contributed by atoms with van der Waals surface area (Å²) in [5, 5.41) is 7.76. The molecule has 0 bridgehead atoms. The molecular weight excluding hydrogens is 234 g/mol. The number of aliphatic hydroxyl groups excluding tert-OH is 1. The molecule has 0 aromatic heterocycles. The van der Waals surface area contributed by atoms with E-state index in [-0.39, 0.29) is 44.3 Å². The van der Waals surface area contributed by atoms with Crippen LogP contribution in [0.2, 0.25) is 0 Å². The first kappa shape index (κ1) is 18.8. The largest absolute Gasteiger partial charge is 2.00 e. The van der Waals surface area contributed by atoms with Gasteiger partial charge in [0.05, 0.1) is 6.61 Å². The Balaban J connectivity index is -0.000000142. The van der Waals surface area contributed by atoms with Crippen molar-refractivity contribution >= 4 is 54.2 Å². The second-order valence-corrected chi connectivity index (χ2v) is 2.55. The van der Waals surface area contributed by atoms with Gasteiger partial charge >= 0.3 is 54.2 Å². The molecule has 0 radical (unpaired) electrons. The molecule has 9 heteroatoms. The van der Waals surface area contributed by atoms with Crippen molar-refractivity contribution in [1.82, 2.24) is 0 Å². The van der Waals surface area contributed by atoms with Gasteiger partial charge in [-0.15, -0.1) is 6.58 Å². The summed E-state index contributed by atoms with van der Waals surface area (Å²) in [7, 11) is -6.47. The summed E-state index contributed by atoms with van der Waals surface area (Å²) in [4.78, 5) is 18.5. The third kappa shape index (κ3) is 30.5. The summed E-state index contributed by atoms with van der Waals surface area (Å²) in [5.41, 5.74) is 0. The van der Waals surface area contributed by atoms with E-state index in [9.17, 15) is 18.9 Å². The number of hydrogen-bond donors (Lipinski definition) is 1. The molecule has 2 atom stereocenters. The molecule has 0 rings (SSSR count). The zero-order valence-electron chi connectivity index (χ0n) is 6.08. The number of rotatable bonds is 3. The van der Waals surface area contributed by atoms with Gasteiger partial charge in [0.25, 0.3) is 0 Å². The fourth-order valence-corrected chi connectivity index (χ4v) is 0.490. The van der Waals surface area contributed by atoms with E-state index in [1.54, 1.807) is 0 Å². The Kier molecular flexibility index (Phi) is 22.7. The SMILES string of the molecule is C=CCO.O=[P+]([O-])O[P+](=O)[O-].[Ca+2]. The zero-order valence-corrected chi connectivity index (χ0v) is 10.1. The van der Waals surface area contributed by atoms with Crippen LogP contribution in [0, 0.1) is 0 Å². The van der Waals surface area contributed by atoms with Crippen molar-refractivity contribution in [2.75, 3.05) is 6.61 Å². The average Bonchev–Trinajstić information content (AvgIpc) is 1.85. The molecule has 2 unspecified atom stereocenters. The molecule has 12 heavy (non-hydrogen) atoms. The van der Waals surface area contributed by atoms with E-state index in [1.807, 2.05) is 0 Å². The maximum Gasteiger partial charge on any atom is 2.00 e. The molecule has 0 aromatic carbocycles.